The molecular weight excluding hydrogens is 304 g/mol. The lowest BCUT2D eigenvalue weighted by Crippen LogP contribution is -2.50. The highest BCUT2D eigenvalue weighted by atomic mass is 16.2. The maximum Gasteiger partial charge on any atom is 0.236 e. The Morgan fingerprint density at radius 2 is 1.88 bits per heavy atom. The fraction of sp³-hybridized carbons (Fsp3) is 0.588. The minimum Gasteiger partial charge on any atom is -0.352 e. The van der Waals surface area contributed by atoms with Gasteiger partial charge in [0.2, 0.25) is 5.91 Å². The first kappa shape index (κ1) is 15.4. The highest BCUT2D eigenvalue weighted by Gasteiger charge is 2.24. The number of likely N-dealkylation sites (tertiary alicyclic amines) is 1. The van der Waals surface area contributed by atoms with E-state index in [0.717, 1.165) is 69.1 Å². The number of rotatable bonds is 3. The van der Waals surface area contributed by atoms with Crippen molar-refractivity contribution in [2.45, 2.75) is 19.8 Å². The third-order valence-corrected chi connectivity index (χ3v) is 4.98. The van der Waals surface area contributed by atoms with E-state index in [4.69, 9.17) is 0 Å². The number of hydrogen-bond acceptors (Lipinski definition) is 5. The van der Waals surface area contributed by atoms with Gasteiger partial charge in [0, 0.05) is 51.7 Å². The number of aromatic nitrogens is 3. The van der Waals surface area contributed by atoms with Gasteiger partial charge in [0.25, 0.3) is 0 Å². The molecule has 4 rings (SSSR count). The highest BCUT2D eigenvalue weighted by Crippen LogP contribution is 2.21. The normalized spacial score (nSPS) is 19.4. The molecule has 0 saturated carbocycles. The van der Waals surface area contributed by atoms with Crippen LogP contribution in [0.5, 0.6) is 0 Å². The molecule has 1 amide bonds. The molecule has 7 nitrogen and oxygen atoms in total. The number of amides is 1. The lowest BCUT2D eigenvalue weighted by Gasteiger charge is -2.35. The third-order valence-electron chi connectivity index (χ3n) is 4.98. The Kier molecular flexibility index (Phi) is 4.10. The summed E-state index contributed by atoms with van der Waals surface area (Å²) in [5.41, 5.74) is 2.05. The van der Waals surface area contributed by atoms with Gasteiger partial charge >= 0.3 is 0 Å². The number of fused-ring (bicyclic) bond motifs is 1. The predicted molar refractivity (Wildman–Crippen MR) is 92.2 cm³/mol. The summed E-state index contributed by atoms with van der Waals surface area (Å²) < 4.78 is 1.89. The summed E-state index contributed by atoms with van der Waals surface area (Å²) >= 11 is 0. The maximum absolute atomic E-state index is 12.3. The molecule has 2 fully saturated rings. The van der Waals surface area contributed by atoms with E-state index in [-0.39, 0.29) is 5.91 Å². The van der Waals surface area contributed by atoms with Crippen LogP contribution in [0.2, 0.25) is 0 Å². The Bertz CT molecular complexity index is 728. The summed E-state index contributed by atoms with van der Waals surface area (Å²) in [6.45, 7) is 8.01. The fourth-order valence-electron chi connectivity index (χ4n) is 3.65. The molecule has 0 spiro atoms. The summed E-state index contributed by atoms with van der Waals surface area (Å²) in [4.78, 5) is 23.4. The van der Waals surface area contributed by atoms with Crippen LogP contribution in [0.3, 0.4) is 0 Å². The van der Waals surface area contributed by atoms with Gasteiger partial charge in [-0.3, -0.25) is 9.69 Å². The van der Waals surface area contributed by atoms with Gasteiger partial charge in [-0.1, -0.05) is 0 Å². The van der Waals surface area contributed by atoms with Crippen LogP contribution in [0.15, 0.2) is 18.5 Å². The second-order valence-corrected chi connectivity index (χ2v) is 6.72. The van der Waals surface area contributed by atoms with Crippen LogP contribution in [-0.2, 0) is 4.79 Å². The van der Waals surface area contributed by atoms with Crippen molar-refractivity contribution >= 4 is 17.2 Å². The molecule has 0 radical (unpaired) electrons. The van der Waals surface area contributed by atoms with E-state index in [2.05, 4.69) is 25.9 Å². The quantitative estimate of drug-likeness (QED) is 0.833. The Morgan fingerprint density at radius 1 is 1.12 bits per heavy atom. The molecule has 7 heteroatoms. The van der Waals surface area contributed by atoms with Crippen molar-refractivity contribution in [3.05, 3.63) is 24.2 Å². The Hall–Kier alpha value is -2.15. The van der Waals surface area contributed by atoms with Crippen LogP contribution in [-0.4, -0.2) is 76.1 Å². The molecule has 128 valence electrons. The number of hydrogen-bond donors (Lipinski definition) is 0. The van der Waals surface area contributed by atoms with Crippen molar-refractivity contribution in [1.29, 1.82) is 0 Å². The zero-order valence-corrected chi connectivity index (χ0v) is 14.2. The van der Waals surface area contributed by atoms with Crippen LogP contribution in [0, 0.1) is 6.92 Å². The highest BCUT2D eigenvalue weighted by molar-refractivity contribution is 5.78. The molecule has 0 aliphatic carbocycles. The topological polar surface area (TPSA) is 57.0 Å². The molecule has 2 aromatic heterocycles. The zero-order valence-electron chi connectivity index (χ0n) is 14.2. The van der Waals surface area contributed by atoms with Gasteiger partial charge in [0.15, 0.2) is 5.82 Å². The van der Waals surface area contributed by atoms with E-state index < -0.39 is 0 Å². The van der Waals surface area contributed by atoms with Gasteiger partial charge < -0.3 is 9.80 Å². The summed E-state index contributed by atoms with van der Waals surface area (Å²) in [7, 11) is 0. The van der Waals surface area contributed by atoms with E-state index in [1.165, 1.54) is 0 Å². The molecule has 0 atom stereocenters. The van der Waals surface area contributed by atoms with Crippen molar-refractivity contribution in [2.24, 2.45) is 0 Å². The molecule has 0 N–H and O–H groups in total. The molecule has 0 bridgehead atoms. The van der Waals surface area contributed by atoms with E-state index in [1.54, 1.807) is 6.20 Å². The summed E-state index contributed by atoms with van der Waals surface area (Å²) in [5.74, 6) is 1.27. The number of piperazine rings is 1. The minimum absolute atomic E-state index is 0.285. The van der Waals surface area contributed by atoms with Crippen molar-refractivity contribution in [3.63, 3.8) is 0 Å². The van der Waals surface area contributed by atoms with E-state index >= 15 is 0 Å². The standard InChI is InChI=1S/C17H24N6O/c1-14-12-15-17(18-4-7-23(15)19-14)22-10-8-20(9-11-22)13-16(24)21-5-2-3-6-21/h4,7,12H,2-3,5-6,8-11,13H2,1H3. The first-order valence-corrected chi connectivity index (χ1v) is 8.77. The van der Waals surface area contributed by atoms with Gasteiger partial charge in [-0.2, -0.15) is 5.10 Å². The summed E-state index contributed by atoms with van der Waals surface area (Å²) in [6.07, 6.45) is 5.99. The first-order valence-electron chi connectivity index (χ1n) is 8.77. The van der Waals surface area contributed by atoms with Crippen LogP contribution in [0.1, 0.15) is 18.5 Å². The summed E-state index contributed by atoms with van der Waals surface area (Å²) in [6, 6.07) is 2.08. The number of nitrogens with zero attached hydrogens (tertiary/aromatic N) is 6. The molecule has 4 heterocycles. The van der Waals surface area contributed by atoms with Crippen molar-refractivity contribution < 1.29 is 4.79 Å². The number of aryl methyl sites for hydroxylation is 1. The third kappa shape index (κ3) is 2.96. The second kappa shape index (κ2) is 6.39. The van der Waals surface area contributed by atoms with Crippen molar-refractivity contribution in [1.82, 2.24) is 24.4 Å². The van der Waals surface area contributed by atoms with E-state index in [1.807, 2.05) is 22.5 Å². The predicted octanol–water partition coefficient (Wildman–Crippen LogP) is 0.782. The average Bonchev–Trinajstić information content (AvgIpc) is 3.23. The molecule has 2 saturated heterocycles. The number of carbonyl (C=O) groups excluding carboxylic acids is 1. The Morgan fingerprint density at radius 3 is 2.62 bits per heavy atom. The molecule has 0 unspecified atom stereocenters. The first-order chi connectivity index (χ1) is 11.7. The van der Waals surface area contributed by atoms with Crippen molar-refractivity contribution in [3.8, 4) is 0 Å². The monoisotopic (exact) mass is 328 g/mol. The van der Waals surface area contributed by atoms with Crippen LogP contribution < -0.4 is 4.90 Å². The van der Waals surface area contributed by atoms with Crippen molar-refractivity contribution in [2.75, 3.05) is 50.7 Å². The SMILES string of the molecule is Cc1cc2c(N3CCN(CC(=O)N4CCCC4)CC3)nccn2n1. The van der Waals surface area contributed by atoms with Gasteiger partial charge in [-0.15, -0.1) is 0 Å². The number of carbonyl (C=O) groups is 1. The second-order valence-electron chi connectivity index (χ2n) is 6.72. The van der Waals surface area contributed by atoms with E-state index in [9.17, 15) is 4.79 Å². The fourth-order valence-corrected chi connectivity index (χ4v) is 3.65. The molecule has 2 aliphatic rings. The Labute approximate surface area is 141 Å². The van der Waals surface area contributed by atoms with Crippen LogP contribution >= 0.6 is 0 Å². The number of anilines is 1. The minimum atomic E-state index is 0.285. The molecule has 2 aliphatic heterocycles. The lowest BCUT2D eigenvalue weighted by atomic mass is 10.3. The van der Waals surface area contributed by atoms with Gasteiger partial charge in [0.1, 0.15) is 5.52 Å². The van der Waals surface area contributed by atoms with Gasteiger partial charge in [-0.05, 0) is 25.8 Å². The van der Waals surface area contributed by atoms with Crippen LogP contribution in [0.4, 0.5) is 5.82 Å². The van der Waals surface area contributed by atoms with Crippen LogP contribution in [0.25, 0.3) is 5.52 Å². The van der Waals surface area contributed by atoms with Gasteiger partial charge in [0.05, 0.1) is 12.2 Å². The smallest absolute Gasteiger partial charge is 0.236 e. The Balaban J connectivity index is 1.39. The lowest BCUT2D eigenvalue weighted by molar-refractivity contribution is -0.131. The van der Waals surface area contributed by atoms with Gasteiger partial charge in [-0.25, -0.2) is 9.50 Å². The molecule has 24 heavy (non-hydrogen) atoms. The summed E-state index contributed by atoms with van der Waals surface area (Å²) in [5, 5.41) is 4.46. The van der Waals surface area contributed by atoms with E-state index in [0.29, 0.717) is 6.54 Å². The molecular formula is C17H24N6O. The average molecular weight is 328 g/mol. The molecule has 2 aromatic rings. The molecule has 0 aromatic carbocycles. The largest absolute Gasteiger partial charge is 0.352 e. The zero-order chi connectivity index (χ0) is 16.5. The maximum atomic E-state index is 12.3.